The normalized spacial score (nSPS) is 26.9. The largest absolute Gasteiger partial charge is 0.465 e. The summed E-state index contributed by atoms with van der Waals surface area (Å²) in [6, 6.07) is 0. The minimum Gasteiger partial charge on any atom is -0.465 e. The number of hydrogen-bond donors (Lipinski definition) is 0. The molecule has 0 radical (unpaired) electrons. The summed E-state index contributed by atoms with van der Waals surface area (Å²) < 4.78 is 5.46. The van der Waals surface area contributed by atoms with Crippen molar-refractivity contribution in [2.24, 2.45) is 29.6 Å². The van der Waals surface area contributed by atoms with Crippen LogP contribution in [-0.2, 0) is 9.53 Å². The van der Waals surface area contributed by atoms with Gasteiger partial charge in [-0.1, -0.05) is 53.2 Å². The average Bonchev–Trinajstić information content (AvgIpc) is 2.80. The summed E-state index contributed by atoms with van der Waals surface area (Å²) in [5.41, 5.74) is 0. The van der Waals surface area contributed by atoms with Gasteiger partial charge >= 0.3 is 5.97 Å². The van der Waals surface area contributed by atoms with Crippen molar-refractivity contribution in [2.45, 2.75) is 60.3 Å². The Morgan fingerprint density at radius 2 is 1.95 bits per heavy atom. The zero-order chi connectivity index (χ0) is 15.1. The molecule has 0 aromatic heterocycles. The summed E-state index contributed by atoms with van der Waals surface area (Å²) in [4.78, 5) is 12.3. The molecule has 1 aliphatic carbocycles. The molecule has 0 spiro atoms. The molecular weight excluding hydrogens is 248 g/mol. The Morgan fingerprint density at radius 1 is 1.25 bits per heavy atom. The van der Waals surface area contributed by atoms with E-state index in [1.807, 2.05) is 0 Å². The lowest BCUT2D eigenvalue weighted by atomic mass is 9.93. The molecule has 2 heteroatoms. The van der Waals surface area contributed by atoms with Crippen LogP contribution < -0.4 is 0 Å². The van der Waals surface area contributed by atoms with Gasteiger partial charge in [-0.2, -0.15) is 0 Å². The Kier molecular flexibility index (Phi) is 7.32. The second kappa shape index (κ2) is 8.49. The molecule has 0 aromatic carbocycles. The topological polar surface area (TPSA) is 26.3 Å². The quantitative estimate of drug-likeness (QED) is 0.379. The van der Waals surface area contributed by atoms with Crippen LogP contribution in [0, 0.1) is 29.6 Å². The lowest BCUT2D eigenvalue weighted by molar-refractivity contribution is -0.149. The van der Waals surface area contributed by atoms with E-state index >= 15 is 0 Å². The van der Waals surface area contributed by atoms with E-state index in [-0.39, 0.29) is 11.9 Å². The molecule has 116 valence electrons. The van der Waals surface area contributed by atoms with E-state index in [0.717, 1.165) is 25.7 Å². The Balaban J connectivity index is 2.65. The van der Waals surface area contributed by atoms with Gasteiger partial charge in [0, 0.05) is 0 Å². The molecule has 0 saturated heterocycles. The minimum atomic E-state index is 0.0278. The van der Waals surface area contributed by atoms with Gasteiger partial charge in [0.15, 0.2) is 0 Å². The van der Waals surface area contributed by atoms with Crippen molar-refractivity contribution in [1.29, 1.82) is 0 Å². The van der Waals surface area contributed by atoms with E-state index in [1.165, 1.54) is 0 Å². The highest BCUT2D eigenvalue weighted by Gasteiger charge is 2.39. The van der Waals surface area contributed by atoms with Crippen LogP contribution in [0.5, 0.6) is 0 Å². The molecule has 0 bridgehead atoms. The number of rotatable bonds is 7. The Morgan fingerprint density at radius 3 is 2.50 bits per heavy atom. The van der Waals surface area contributed by atoms with E-state index in [9.17, 15) is 4.79 Å². The smallest absolute Gasteiger partial charge is 0.309 e. The van der Waals surface area contributed by atoms with Crippen LogP contribution in [0.15, 0.2) is 12.2 Å². The van der Waals surface area contributed by atoms with Crippen molar-refractivity contribution in [1.82, 2.24) is 0 Å². The fourth-order valence-electron chi connectivity index (χ4n) is 2.93. The predicted octanol–water partition coefficient (Wildman–Crippen LogP) is 4.84. The summed E-state index contributed by atoms with van der Waals surface area (Å²) in [6.07, 6.45) is 8.67. The Bertz CT molecular complexity index is 317. The van der Waals surface area contributed by atoms with Crippen molar-refractivity contribution >= 4 is 5.97 Å². The fraction of sp³-hybridized carbons (Fsp3) is 0.833. The van der Waals surface area contributed by atoms with Gasteiger partial charge in [-0.15, -0.1) is 0 Å². The highest BCUT2D eigenvalue weighted by molar-refractivity contribution is 5.73. The number of hydrogen-bond acceptors (Lipinski definition) is 2. The molecule has 0 heterocycles. The van der Waals surface area contributed by atoms with Crippen LogP contribution in [0.1, 0.15) is 60.3 Å². The summed E-state index contributed by atoms with van der Waals surface area (Å²) in [5, 5.41) is 0. The van der Waals surface area contributed by atoms with Crippen LogP contribution in [-0.4, -0.2) is 12.6 Å². The molecule has 1 rings (SSSR count). The monoisotopic (exact) mass is 280 g/mol. The molecule has 1 fully saturated rings. The summed E-state index contributed by atoms with van der Waals surface area (Å²) in [6.45, 7) is 11.6. The number of carbonyl (C=O) groups is 1. The molecule has 1 aliphatic rings. The second-order valence-electron chi connectivity index (χ2n) is 6.90. The number of carbonyl (C=O) groups excluding carboxylic acids is 1. The molecule has 0 aliphatic heterocycles. The van der Waals surface area contributed by atoms with Gasteiger partial charge in [-0.25, -0.2) is 0 Å². The van der Waals surface area contributed by atoms with Crippen molar-refractivity contribution < 1.29 is 9.53 Å². The maximum atomic E-state index is 12.3. The maximum Gasteiger partial charge on any atom is 0.309 e. The molecule has 20 heavy (non-hydrogen) atoms. The highest BCUT2D eigenvalue weighted by Crippen LogP contribution is 2.41. The van der Waals surface area contributed by atoms with E-state index in [1.54, 1.807) is 0 Å². The molecule has 0 aromatic rings. The zero-order valence-corrected chi connectivity index (χ0v) is 13.9. The lowest BCUT2D eigenvalue weighted by Gasteiger charge is -2.15. The van der Waals surface area contributed by atoms with E-state index < -0.39 is 0 Å². The maximum absolute atomic E-state index is 12.3. The predicted molar refractivity (Wildman–Crippen MR) is 84.4 cm³/mol. The molecule has 0 N–H and O–H groups in total. The van der Waals surface area contributed by atoms with Crippen molar-refractivity contribution in [3.8, 4) is 0 Å². The molecule has 0 amide bonds. The van der Waals surface area contributed by atoms with E-state index in [0.29, 0.717) is 30.3 Å². The number of esters is 1. The average molecular weight is 280 g/mol. The van der Waals surface area contributed by atoms with Gasteiger partial charge in [0.2, 0.25) is 0 Å². The van der Waals surface area contributed by atoms with Gasteiger partial charge in [0.1, 0.15) is 0 Å². The second-order valence-corrected chi connectivity index (χ2v) is 6.90. The van der Waals surface area contributed by atoms with E-state index in [2.05, 4.69) is 46.8 Å². The van der Waals surface area contributed by atoms with Gasteiger partial charge in [0.25, 0.3) is 0 Å². The third kappa shape index (κ3) is 5.30. The highest BCUT2D eigenvalue weighted by atomic mass is 16.5. The van der Waals surface area contributed by atoms with Gasteiger partial charge < -0.3 is 4.74 Å². The summed E-state index contributed by atoms with van der Waals surface area (Å²) >= 11 is 0. The molecule has 2 nitrogen and oxygen atoms in total. The number of allylic oxidation sites excluding steroid dienone is 2. The van der Waals surface area contributed by atoms with Gasteiger partial charge in [0.05, 0.1) is 12.5 Å². The van der Waals surface area contributed by atoms with E-state index in [4.69, 9.17) is 4.74 Å². The SMILES string of the molecule is CCCCOC(=O)C1CC(C(C)C)CC1/C=C/C(C)C. The standard InChI is InChI=1S/C18H32O2/c1-6-7-10-20-18(19)17-12-16(14(4)5)11-15(17)9-8-13(2)3/h8-9,13-17H,6-7,10-12H2,1-5H3/b9-8+. The first-order valence-corrected chi connectivity index (χ1v) is 8.30. The first-order valence-electron chi connectivity index (χ1n) is 8.30. The van der Waals surface area contributed by atoms with Gasteiger partial charge in [-0.05, 0) is 42.9 Å². The Labute approximate surface area is 125 Å². The van der Waals surface area contributed by atoms with Crippen LogP contribution in [0.4, 0.5) is 0 Å². The zero-order valence-electron chi connectivity index (χ0n) is 13.9. The summed E-state index contributed by atoms with van der Waals surface area (Å²) in [7, 11) is 0. The first kappa shape index (κ1) is 17.3. The number of ether oxygens (including phenoxy) is 1. The Hall–Kier alpha value is -0.790. The van der Waals surface area contributed by atoms with Crippen molar-refractivity contribution in [2.75, 3.05) is 6.61 Å². The molecule has 3 unspecified atom stereocenters. The van der Waals surface area contributed by atoms with Crippen LogP contribution in [0.2, 0.25) is 0 Å². The van der Waals surface area contributed by atoms with Crippen molar-refractivity contribution in [3.05, 3.63) is 12.2 Å². The summed E-state index contributed by atoms with van der Waals surface area (Å²) in [5.74, 6) is 2.33. The molecule has 1 saturated carbocycles. The van der Waals surface area contributed by atoms with Crippen molar-refractivity contribution in [3.63, 3.8) is 0 Å². The first-order chi connectivity index (χ1) is 9.45. The fourth-order valence-corrected chi connectivity index (χ4v) is 2.93. The van der Waals surface area contributed by atoms with Crippen LogP contribution >= 0.6 is 0 Å². The molecule has 3 atom stereocenters. The third-order valence-corrected chi connectivity index (χ3v) is 4.38. The number of unbranched alkanes of at least 4 members (excludes halogenated alkanes) is 1. The third-order valence-electron chi connectivity index (χ3n) is 4.38. The minimum absolute atomic E-state index is 0.0278. The van der Waals surface area contributed by atoms with Gasteiger partial charge in [-0.3, -0.25) is 4.79 Å². The molecular formula is C18H32O2. The van der Waals surface area contributed by atoms with Crippen LogP contribution in [0.3, 0.4) is 0 Å². The lowest BCUT2D eigenvalue weighted by Crippen LogP contribution is -2.21. The van der Waals surface area contributed by atoms with Crippen LogP contribution in [0.25, 0.3) is 0 Å².